The second kappa shape index (κ2) is 10.1. The molecule has 1 aromatic heterocycles. The molecule has 0 saturated heterocycles. The molecule has 0 bridgehead atoms. The number of hydrogen-bond acceptors (Lipinski definition) is 7. The maximum Gasteiger partial charge on any atom is 0.408 e. The van der Waals surface area contributed by atoms with Gasteiger partial charge in [-0.05, 0) is 60.3 Å². The van der Waals surface area contributed by atoms with E-state index in [0.717, 1.165) is 18.5 Å². The fourth-order valence-electron chi connectivity index (χ4n) is 2.33. The summed E-state index contributed by atoms with van der Waals surface area (Å²) in [6, 6.07) is 0.963. The normalized spacial score (nSPS) is 13.0. The van der Waals surface area contributed by atoms with Crippen molar-refractivity contribution >= 4 is 23.8 Å². The van der Waals surface area contributed by atoms with E-state index in [9.17, 15) is 9.59 Å². The van der Waals surface area contributed by atoms with Gasteiger partial charge in [-0.2, -0.15) is 0 Å². The zero-order valence-corrected chi connectivity index (χ0v) is 19.0. The van der Waals surface area contributed by atoms with Crippen molar-refractivity contribution in [3.63, 3.8) is 0 Å². The number of nitrogens with one attached hydrogen (secondary N) is 1. The summed E-state index contributed by atoms with van der Waals surface area (Å²) in [5.41, 5.74) is 0.249. The number of ether oxygens (including phenoxy) is 2. The molecule has 0 fully saturated rings. The summed E-state index contributed by atoms with van der Waals surface area (Å²) >= 11 is 1.44. The van der Waals surface area contributed by atoms with Gasteiger partial charge in [-0.25, -0.2) is 19.6 Å². The van der Waals surface area contributed by atoms with Gasteiger partial charge in [-0.1, -0.05) is 25.1 Å². The predicted octanol–water partition coefficient (Wildman–Crippen LogP) is 3.93. The van der Waals surface area contributed by atoms with Gasteiger partial charge in [0.25, 0.3) is 0 Å². The van der Waals surface area contributed by atoms with Crippen molar-refractivity contribution in [3.05, 3.63) is 17.5 Å². The summed E-state index contributed by atoms with van der Waals surface area (Å²) in [6.07, 6.45) is 3.20. The molecule has 0 aromatic carbocycles. The Labute approximate surface area is 172 Å². The molecular weight excluding hydrogens is 378 g/mol. The van der Waals surface area contributed by atoms with Crippen LogP contribution >= 0.6 is 11.8 Å². The van der Waals surface area contributed by atoms with Gasteiger partial charge in [0.1, 0.15) is 17.2 Å². The highest BCUT2D eigenvalue weighted by atomic mass is 32.2. The van der Waals surface area contributed by atoms with E-state index in [1.807, 2.05) is 12.3 Å². The van der Waals surface area contributed by atoms with Crippen LogP contribution in [0.1, 0.15) is 66.3 Å². The van der Waals surface area contributed by atoms with Gasteiger partial charge in [-0.3, -0.25) is 0 Å². The summed E-state index contributed by atoms with van der Waals surface area (Å²) in [5.74, 6) is -0.528. The molecule has 0 aliphatic heterocycles. The van der Waals surface area contributed by atoms with Gasteiger partial charge in [0.15, 0.2) is 5.16 Å². The largest absolute Gasteiger partial charge is 0.458 e. The third-order valence-corrected chi connectivity index (χ3v) is 3.84. The average Bonchev–Trinajstić information content (AvgIpc) is 2.50. The first-order valence-corrected chi connectivity index (χ1v) is 10.7. The van der Waals surface area contributed by atoms with Crippen LogP contribution in [0, 0.1) is 0 Å². The highest BCUT2D eigenvalue weighted by molar-refractivity contribution is 7.98. The molecule has 8 heteroatoms. The SMILES string of the molecule is CCCc1cc(CC(NC(=O)OC(C)(C)C)C(=O)OC(C)(C)C)nc(SC)n1. The summed E-state index contributed by atoms with van der Waals surface area (Å²) < 4.78 is 10.8. The Morgan fingerprint density at radius 1 is 1.07 bits per heavy atom. The maximum absolute atomic E-state index is 12.7. The van der Waals surface area contributed by atoms with E-state index in [-0.39, 0.29) is 6.42 Å². The third-order valence-electron chi connectivity index (χ3n) is 3.30. The van der Waals surface area contributed by atoms with Crippen molar-refractivity contribution in [3.8, 4) is 0 Å². The highest BCUT2D eigenvalue weighted by Crippen LogP contribution is 2.16. The Balaban J connectivity index is 3.09. The topological polar surface area (TPSA) is 90.4 Å². The van der Waals surface area contributed by atoms with E-state index in [1.165, 1.54) is 11.8 Å². The monoisotopic (exact) mass is 411 g/mol. The Bertz CT molecular complexity index is 681. The standard InChI is InChI=1S/C20H33N3O4S/c1-9-10-13-11-14(22-17(21-13)28-8)12-15(16(24)26-19(2,3)4)23-18(25)27-20(5,6)7/h11,15H,9-10,12H2,1-8H3,(H,23,25). The lowest BCUT2D eigenvalue weighted by molar-refractivity contribution is -0.157. The molecule has 1 N–H and O–H groups in total. The number of rotatable bonds is 7. The molecule has 0 spiro atoms. The second-order valence-electron chi connectivity index (χ2n) is 8.52. The fraction of sp³-hybridized carbons (Fsp3) is 0.700. The minimum Gasteiger partial charge on any atom is -0.458 e. The van der Waals surface area contributed by atoms with Crippen molar-refractivity contribution in [2.75, 3.05) is 6.26 Å². The van der Waals surface area contributed by atoms with E-state index < -0.39 is 29.3 Å². The summed E-state index contributed by atoms with van der Waals surface area (Å²) in [7, 11) is 0. The molecule has 0 saturated carbocycles. The number of thioether (sulfide) groups is 1. The number of nitrogens with zero attached hydrogens (tertiary/aromatic N) is 2. The minimum atomic E-state index is -0.909. The average molecular weight is 412 g/mol. The van der Waals surface area contributed by atoms with Gasteiger partial charge >= 0.3 is 12.1 Å². The van der Waals surface area contributed by atoms with Gasteiger partial charge in [0.05, 0.1) is 0 Å². The minimum absolute atomic E-state index is 0.195. The Kier molecular flexibility index (Phi) is 8.73. The Morgan fingerprint density at radius 3 is 2.14 bits per heavy atom. The first kappa shape index (κ1) is 24.2. The summed E-state index contributed by atoms with van der Waals surface area (Å²) in [6.45, 7) is 12.7. The van der Waals surface area contributed by atoms with Crippen molar-refractivity contribution in [1.29, 1.82) is 0 Å². The zero-order valence-electron chi connectivity index (χ0n) is 18.2. The molecule has 1 rings (SSSR count). The van der Waals surface area contributed by atoms with Crippen LogP contribution in [0.2, 0.25) is 0 Å². The maximum atomic E-state index is 12.7. The number of hydrogen-bond donors (Lipinski definition) is 1. The van der Waals surface area contributed by atoms with E-state index in [0.29, 0.717) is 10.9 Å². The Hall–Kier alpha value is -1.83. The van der Waals surface area contributed by atoms with Crippen molar-refractivity contribution < 1.29 is 19.1 Å². The third kappa shape index (κ3) is 9.39. The molecular formula is C20H33N3O4S. The van der Waals surface area contributed by atoms with E-state index in [1.54, 1.807) is 41.5 Å². The molecule has 158 valence electrons. The molecule has 1 unspecified atom stereocenters. The van der Waals surface area contributed by atoms with Gasteiger partial charge in [0.2, 0.25) is 0 Å². The smallest absolute Gasteiger partial charge is 0.408 e. The van der Waals surface area contributed by atoms with Crippen LogP contribution in [0.15, 0.2) is 11.2 Å². The quantitative estimate of drug-likeness (QED) is 0.413. The second-order valence-corrected chi connectivity index (χ2v) is 9.30. The molecule has 0 aliphatic carbocycles. The van der Waals surface area contributed by atoms with Crippen molar-refractivity contribution in [1.82, 2.24) is 15.3 Å². The lowest BCUT2D eigenvalue weighted by Crippen LogP contribution is -2.47. The number of alkyl carbamates (subject to hydrolysis) is 1. The van der Waals surface area contributed by atoms with Crippen LogP contribution in [-0.4, -0.2) is 45.5 Å². The van der Waals surface area contributed by atoms with Crippen molar-refractivity contribution in [2.24, 2.45) is 0 Å². The number of carbonyl (C=O) groups is 2. The molecule has 1 heterocycles. The van der Waals surface area contributed by atoms with Crippen LogP contribution in [0.4, 0.5) is 4.79 Å². The van der Waals surface area contributed by atoms with E-state index in [4.69, 9.17) is 9.47 Å². The van der Waals surface area contributed by atoms with Crippen LogP contribution in [0.3, 0.4) is 0 Å². The molecule has 28 heavy (non-hydrogen) atoms. The molecule has 1 amide bonds. The van der Waals surface area contributed by atoms with Crippen LogP contribution in [0.5, 0.6) is 0 Å². The fourth-order valence-corrected chi connectivity index (χ4v) is 2.75. The van der Waals surface area contributed by atoms with E-state index >= 15 is 0 Å². The zero-order chi connectivity index (χ0) is 21.5. The predicted molar refractivity (Wildman–Crippen MR) is 111 cm³/mol. The van der Waals surface area contributed by atoms with Crippen LogP contribution < -0.4 is 5.32 Å². The van der Waals surface area contributed by atoms with Crippen LogP contribution in [-0.2, 0) is 27.1 Å². The molecule has 0 aliphatic rings. The lowest BCUT2D eigenvalue weighted by Gasteiger charge is -2.26. The molecule has 7 nitrogen and oxygen atoms in total. The van der Waals surface area contributed by atoms with Gasteiger partial charge in [-0.15, -0.1) is 0 Å². The van der Waals surface area contributed by atoms with Crippen molar-refractivity contribution in [2.45, 2.75) is 90.1 Å². The van der Waals surface area contributed by atoms with Gasteiger partial charge < -0.3 is 14.8 Å². The molecule has 0 radical (unpaired) electrons. The lowest BCUT2D eigenvalue weighted by atomic mass is 10.1. The Morgan fingerprint density at radius 2 is 1.64 bits per heavy atom. The number of aromatic nitrogens is 2. The summed E-state index contributed by atoms with van der Waals surface area (Å²) in [4.78, 5) is 33.9. The first-order valence-electron chi connectivity index (χ1n) is 9.46. The van der Waals surface area contributed by atoms with Crippen LogP contribution in [0.25, 0.3) is 0 Å². The number of amides is 1. The molecule has 1 atom stereocenters. The highest BCUT2D eigenvalue weighted by Gasteiger charge is 2.29. The first-order chi connectivity index (χ1) is 12.8. The molecule has 1 aromatic rings. The number of aryl methyl sites for hydroxylation is 1. The number of carbonyl (C=O) groups excluding carboxylic acids is 2. The van der Waals surface area contributed by atoms with E-state index in [2.05, 4.69) is 22.2 Å². The summed E-state index contributed by atoms with van der Waals surface area (Å²) in [5, 5.41) is 3.27. The van der Waals surface area contributed by atoms with Gasteiger partial charge in [0, 0.05) is 17.8 Å². The number of esters is 1.